The van der Waals surface area contributed by atoms with E-state index < -0.39 is 6.04 Å². The van der Waals surface area contributed by atoms with Crippen LogP contribution in [0.5, 0.6) is 0 Å². The molecule has 0 saturated heterocycles. The molecule has 0 aliphatic carbocycles. The topological polar surface area (TPSA) is 70.1 Å². The Morgan fingerprint density at radius 1 is 1.44 bits per heavy atom. The van der Waals surface area contributed by atoms with Crippen LogP contribution in [-0.4, -0.2) is 22.9 Å². The van der Waals surface area contributed by atoms with Gasteiger partial charge >= 0.3 is 0 Å². The third kappa shape index (κ3) is 3.57. The van der Waals surface area contributed by atoms with Gasteiger partial charge in [-0.25, -0.2) is 0 Å². The first-order chi connectivity index (χ1) is 8.45. The Hall–Kier alpha value is -1.86. The van der Waals surface area contributed by atoms with Crippen molar-refractivity contribution < 1.29 is 4.79 Å². The van der Waals surface area contributed by atoms with Gasteiger partial charge in [-0.1, -0.05) is 12.1 Å². The molecule has 0 aliphatic rings. The van der Waals surface area contributed by atoms with Crippen LogP contribution in [0.15, 0.2) is 24.3 Å². The predicted molar refractivity (Wildman–Crippen MR) is 70.5 cm³/mol. The summed E-state index contributed by atoms with van der Waals surface area (Å²) < 4.78 is 0. The van der Waals surface area contributed by atoms with E-state index in [1.54, 1.807) is 24.0 Å². The lowest BCUT2D eigenvalue weighted by atomic mass is 10.1. The van der Waals surface area contributed by atoms with Gasteiger partial charge in [-0.3, -0.25) is 4.79 Å². The monoisotopic (exact) mass is 245 g/mol. The lowest BCUT2D eigenvalue weighted by molar-refractivity contribution is -0.134. The number of nitrogens with two attached hydrogens (primary N) is 1. The molecular formula is C14H19N3O. The largest absolute Gasteiger partial charge is 0.335 e. The van der Waals surface area contributed by atoms with Crippen LogP contribution in [0.4, 0.5) is 0 Å². The number of carbonyl (C=O) groups excluding carboxylic acids is 1. The molecule has 1 aromatic rings. The fourth-order valence-corrected chi connectivity index (χ4v) is 1.71. The minimum Gasteiger partial charge on any atom is -0.335 e. The van der Waals surface area contributed by atoms with Crippen LogP contribution in [0, 0.1) is 11.3 Å². The summed E-state index contributed by atoms with van der Waals surface area (Å²) in [6.45, 7) is 6.07. The van der Waals surface area contributed by atoms with E-state index in [1.165, 1.54) is 0 Å². The zero-order valence-corrected chi connectivity index (χ0v) is 11.1. The molecule has 0 bridgehead atoms. The maximum Gasteiger partial charge on any atom is 0.239 e. The van der Waals surface area contributed by atoms with Gasteiger partial charge in [-0.15, -0.1) is 0 Å². The van der Waals surface area contributed by atoms with E-state index in [1.807, 2.05) is 26.0 Å². The minimum absolute atomic E-state index is 0.0765. The quantitative estimate of drug-likeness (QED) is 0.876. The summed E-state index contributed by atoms with van der Waals surface area (Å²) >= 11 is 0. The Morgan fingerprint density at radius 3 is 2.61 bits per heavy atom. The first-order valence-electron chi connectivity index (χ1n) is 6.00. The number of benzene rings is 1. The second kappa shape index (κ2) is 6.18. The van der Waals surface area contributed by atoms with Crippen LogP contribution in [0.1, 0.15) is 31.9 Å². The summed E-state index contributed by atoms with van der Waals surface area (Å²) in [6, 6.07) is 8.94. The molecule has 0 saturated carbocycles. The van der Waals surface area contributed by atoms with E-state index in [4.69, 9.17) is 11.0 Å². The third-order valence-corrected chi connectivity index (χ3v) is 2.70. The van der Waals surface area contributed by atoms with Crippen molar-refractivity contribution in [3.8, 4) is 6.07 Å². The Bertz CT molecular complexity index is 460. The lowest BCUT2D eigenvalue weighted by Gasteiger charge is -2.28. The zero-order valence-electron chi connectivity index (χ0n) is 11.1. The smallest absolute Gasteiger partial charge is 0.239 e. The fourth-order valence-electron chi connectivity index (χ4n) is 1.71. The highest BCUT2D eigenvalue weighted by Crippen LogP contribution is 2.11. The number of rotatable bonds is 4. The van der Waals surface area contributed by atoms with Crippen LogP contribution >= 0.6 is 0 Å². The SMILES string of the molecule is CC(C)N(Cc1cccc(C#N)c1)C(=O)[C@H](C)N. The van der Waals surface area contributed by atoms with Gasteiger partial charge in [0, 0.05) is 12.6 Å². The molecular weight excluding hydrogens is 226 g/mol. The Kier molecular flexibility index (Phi) is 4.87. The average Bonchev–Trinajstić information content (AvgIpc) is 2.35. The maximum absolute atomic E-state index is 12.0. The summed E-state index contributed by atoms with van der Waals surface area (Å²) in [4.78, 5) is 13.7. The van der Waals surface area contributed by atoms with Crippen molar-refractivity contribution in [1.29, 1.82) is 5.26 Å². The molecule has 0 radical (unpaired) electrons. The summed E-state index contributed by atoms with van der Waals surface area (Å²) in [5.74, 6) is -0.0765. The molecule has 18 heavy (non-hydrogen) atoms. The van der Waals surface area contributed by atoms with E-state index in [-0.39, 0.29) is 11.9 Å². The van der Waals surface area contributed by atoms with E-state index in [0.717, 1.165) is 5.56 Å². The number of carbonyl (C=O) groups is 1. The maximum atomic E-state index is 12.0. The Labute approximate surface area is 108 Å². The van der Waals surface area contributed by atoms with Gasteiger partial charge in [0.15, 0.2) is 0 Å². The van der Waals surface area contributed by atoms with E-state index in [9.17, 15) is 4.79 Å². The highest BCUT2D eigenvalue weighted by molar-refractivity contribution is 5.81. The molecule has 0 aliphatic heterocycles. The number of hydrogen-bond acceptors (Lipinski definition) is 3. The standard InChI is InChI=1S/C14H19N3O/c1-10(2)17(14(18)11(3)16)9-13-6-4-5-12(7-13)8-15/h4-7,10-11H,9,16H2,1-3H3/t11-/m0/s1. The summed E-state index contributed by atoms with van der Waals surface area (Å²) in [7, 11) is 0. The van der Waals surface area contributed by atoms with Crippen molar-refractivity contribution in [3.63, 3.8) is 0 Å². The van der Waals surface area contributed by atoms with Gasteiger partial charge in [-0.05, 0) is 38.5 Å². The summed E-state index contributed by atoms with van der Waals surface area (Å²) in [6.07, 6.45) is 0. The van der Waals surface area contributed by atoms with Gasteiger partial charge in [-0.2, -0.15) is 5.26 Å². The Morgan fingerprint density at radius 2 is 2.11 bits per heavy atom. The van der Waals surface area contributed by atoms with Crippen molar-refractivity contribution in [2.75, 3.05) is 0 Å². The number of nitrogens with zero attached hydrogens (tertiary/aromatic N) is 2. The van der Waals surface area contributed by atoms with Crippen LogP contribution < -0.4 is 5.73 Å². The lowest BCUT2D eigenvalue weighted by Crippen LogP contribution is -2.45. The van der Waals surface area contributed by atoms with Gasteiger partial charge in [0.25, 0.3) is 0 Å². The van der Waals surface area contributed by atoms with E-state index >= 15 is 0 Å². The average molecular weight is 245 g/mol. The second-order valence-corrected chi connectivity index (χ2v) is 4.66. The highest BCUT2D eigenvalue weighted by Gasteiger charge is 2.20. The fraction of sp³-hybridized carbons (Fsp3) is 0.429. The van der Waals surface area contributed by atoms with Crippen molar-refractivity contribution in [2.24, 2.45) is 5.73 Å². The van der Waals surface area contributed by atoms with Crippen LogP contribution in [0.2, 0.25) is 0 Å². The molecule has 96 valence electrons. The van der Waals surface area contributed by atoms with Crippen LogP contribution in [-0.2, 0) is 11.3 Å². The summed E-state index contributed by atoms with van der Waals surface area (Å²) in [5.41, 5.74) is 7.18. The predicted octanol–water partition coefficient (Wildman–Crippen LogP) is 1.64. The zero-order chi connectivity index (χ0) is 13.7. The van der Waals surface area contributed by atoms with Gasteiger partial charge in [0.05, 0.1) is 17.7 Å². The number of nitriles is 1. The number of hydrogen-bond donors (Lipinski definition) is 1. The van der Waals surface area contributed by atoms with Crippen LogP contribution in [0.3, 0.4) is 0 Å². The summed E-state index contributed by atoms with van der Waals surface area (Å²) in [5, 5.41) is 8.85. The molecule has 1 rings (SSSR count). The number of amides is 1. The third-order valence-electron chi connectivity index (χ3n) is 2.70. The molecule has 4 nitrogen and oxygen atoms in total. The molecule has 0 spiro atoms. The van der Waals surface area contributed by atoms with Gasteiger partial charge in [0.1, 0.15) is 0 Å². The van der Waals surface area contributed by atoms with Crippen LogP contribution in [0.25, 0.3) is 0 Å². The molecule has 0 heterocycles. The van der Waals surface area contributed by atoms with Crippen molar-refractivity contribution >= 4 is 5.91 Å². The van der Waals surface area contributed by atoms with Crippen molar-refractivity contribution in [2.45, 2.75) is 39.4 Å². The van der Waals surface area contributed by atoms with Gasteiger partial charge in [0.2, 0.25) is 5.91 Å². The first-order valence-corrected chi connectivity index (χ1v) is 6.00. The van der Waals surface area contributed by atoms with E-state index in [2.05, 4.69) is 6.07 Å². The molecule has 1 amide bonds. The van der Waals surface area contributed by atoms with Gasteiger partial charge < -0.3 is 10.6 Å². The minimum atomic E-state index is -0.508. The molecule has 2 N–H and O–H groups in total. The molecule has 0 aromatic heterocycles. The van der Waals surface area contributed by atoms with E-state index in [0.29, 0.717) is 12.1 Å². The molecule has 0 fully saturated rings. The molecule has 4 heteroatoms. The Balaban J connectivity index is 2.90. The molecule has 0 unspecified atom stereocenters. The highest BCUT2D eigenvalue weighted by atomic mass is 16.2. The molecule has 1 atom stereocenters. The normalized spacial score (nSPS) is 12.0. The molecule has 1 aromatic carbocycles. The van der Waals surface area contributed by atoms with Crippen molar-refractivity contribution in [3.05, 3.63) is 35.4 Å². The van der Waals surface area contributed by atoms with Crippen molar-refractivity contribution in [1.82, 2.24) is 4.90 Å². The second-order valence-electron chi connectivity index (χ2n) is 4.66. The first kappa shape index (κ1) is 14.2.